The van der Waals surface area contributed by atoms with Gasteiger partial charge in [-0.15, -0.1) is 0 Å². The van der Waals surface area contributed by atoms with Crippen molar-refractivity contribution >= 4 is 0 Å². The fourth-order valence-corrected chi connectivity index (χ4v) is 1.54. The Bertz CT molecular complexity index is 477. The molecule has 0 atom stereocenters. The number of hydrogen-bond acceptors (Lipinski definition) is 2. The van der Waals surface area contributed by atoms with Crippen molar-refractivity contribution in [2.45, 2.75) is 20.3 Å². The van der Waals surface area contributed by atoms with E-state index in [1.165, 1.54) is 6.07 Å². The molecule has 0 fully saturated rings. The van der Waals surface area contributed by atoms with Crippen LogP contribution in [0.3, 0.4) is 0 Å². The Morgan fingerprint density at radius 2 is 2.06 bits per heavy atom. The maximum atomic E-state index is 13.5. The van der Waals surface area contributed by atoms with Gasteiger partial charge in [0.25, 0.3) is 0 Å². The summed E-state index contributed by atoms with van der Waals surface area (Å²) in [6.45, 7) is 4.20. The van der Waals surface area contributed by atoms with Gasteiger partial charge in [0.1, 0.15) is 11.6 Å². The molecule has 1 aromatic carbocycles. The number of benzene rings is 1. The largest absolute Gasteiger partial charge is 0.263 e. The van der Waals surface area contributed by atoms with Gasteiger partial charge in [-0.1, -0.05) is 26.0 Å². The van der Waals surface area contributed by atoms with E-state index in [-0.39, 0.29) is 5.82 Å². The maximum Gasteiger partial charge on any atom is 0.184 e. The summed E-state index contributed by atoms with van der Waals surface area (Å²) < 4.78 is 13.5. The Morgan fingerprint density at radius 1 is 1.31 bits per heavy atom. The van der Waals surface area contributed by atoms with Crippen LogP contribution in [0.25, 0.3) is 11.4 Å². The number of aromatic nitrogens is 3. The number of rotatable bonds is 3. The van der Waals surface area contributed by atoms with Gasteiger partial charge in [0, 0.05) is 6.42 Å². The zero-order valence-electron chi connectivity index (χ0n) is 9.37. The summed E-state index contributed by atoms with van der Waals surface area (Å²) in [5.74, 6) is 1.43. The van der Waals surface area contributed by atoms with E-state index in [2.05, 4.69) is 29.0 Å². The summed E-state index contributed by atoms with van der Waals surface area (Å²) >= 11 is 0. The lowest BCUT2D eigenvalue weighted by Crippen LogP contribution is -1.96. The van der Waals surface area contributed by atoms with Gasteiger partial charge >= 0.3 is 0 Å². The summed E-state index contributed by atoms with van der Waals surface area (Å²) in [5.41, 5.74) is 0.439. The van der Waals surface area contributed by atoms with Crippen molar-refractivity contribution < 1.29 is 4.39 Å². The van der Waals surface area contributed by atoms with E-state index in [9.17, 15) is 4.39 Å². The summed E-state index contributed by atoms with van der Waals surface area (Å²) in [6.07, 6.45) is 0.821. The molecule has 2 rings (SSSR count). The van der Waals surface area contributed by atoms with Gasteiger partial charge in [0.2, 0.25) is 0 Å². The predicted molar refractivity (Wildman–Crippen MR) is 60.3 cm³/mol. The smallest absolute Gasteiger partial charge is 0.184 e. The van der Waals surface area contributed by atoms with Gasteiger partial charge in [-0.2, -0.15) is 5.10 Å². The second-order valence-corrected chi connectivity index (χ2v) is 4.18. The van der Waals surface area contributed by atoms with Crippen molar-refractivity contribution in [2.24, 2.45) is 5.92 Å². The zero-order valence-corrected chi connectivity index (χ0v) is 9.37. The third kappa shape index (κ3) is 2.27. The Morgan fingerprint density at radius 3 is 2.75 bits per heavy atom. The number of H-pyrrole nitrogens is 1. The van der Waals surface area contributed by atoms with Crippen molar-refractivity contribution in [2.75, 3.05) is 0 Å². The quantitative estimate of drug-likeness (QED) is 0.862. The lowest BCUT2D eigenvalue weighted by atomic mass is 10.1. The fraction of sp³-hybridized carbons (Fsp3) is 0.333. The second-order valence-electron chi connectivity index (χ2n) is 4.18. The van der Waals surface area contributed by atoms with Crippen molar-refractivity contribution in [3.63, 3.8) is 0 Å². The molecule has 4 heteroatoms. The van der Waals surface area contributed by atoms with E-state index in [1.807, 2.05) is 0 Å². The fourth-order valence-electron chi connectivity index (χ4n) is 1.54. The van der Waals surface area contributed by atoms with Gasteiger partial charge in [-0.05, 0) is 18.1 Å². The maximum absolute atomic E-state index is 13.5. The average Bonchev–Trinajstić information content (AvgIpc) is 2.66. The number of nitrogens with zero attached hydrogens (tertiary/aromatic N) is 2. The summed E-state index contributed by atoms with van der Waals surface area (Å²) in [7, 11) is 0. The first-order valence-corrected chi connectivity index (χ1v) is 5.33. The minimum absolute atomic E-state index is 0.294. The molecule has 0 bridgehead atoms. The highest BCUT2D eigenvalue weighted by Crippen LogP contribution is 2.18. The molecule has 0 spiro atoms. The first kappa shape index (κ1) is 10.8. The van der Waals surface area contributed by atoms with Crippen LogP contribution in [0.5, 0.6) is 0 Å². The minimum Gasteiger partial charge on any atom is -0.263 e. The predicted octanol–water partition coefficient (Wildman–Crippen LogP) is 2.81. The first-order valence-electron chi connectivity index (χ1n) is 5.33. The highest BCUT2D eigenvalue weighted by Gasteiger charge is 2.10. The average molecular weight is 219 g/mol. The van der Waals surface area contributed by atoms with Crippen LogP contribution in [0, 0.1) is 11.7 Å². The van der Waals surface area contributed by atoms with E-state index in [0.29, 0.717) is 17.3 Å². The molecule has 3 nitrogen and oxygen atoms in total. The highest BCUT2D eigenvalue weighted by molar-refractivity contribution is 5.55. The molecule has 0 amide bonds. The topological polar surface area (TPSA) is 41.6 Å². The molecule has 0 saturated carbocycles. The Balaban J connectivity index is 2.28. The van der Waals surface area contributed by atoms with Gasteiger partial charge in [-0.25, -0.2) is 9.37 Å². The lowest BCUT2D eigenvalue weighted by molar-refractivity contribution is 0.622. The normalized spacial score (nSPS) is 11.0. The highest BCUT2D eigenvalue weighted by atomic mass is 19.1. The van der Waals surface area contributed by atoms with Crippen LogP contribution in [-0.4, -0.2) is 15.2 Å². The SMILES string of the molecule is CC(C)Cc1nc(-c2ccccc2F)n[nH]1. The van der Waals surface area contributed by atoms with E-state index in [0.717, 1.165) is 12.2 Å². The molecule has 1 N–H and O–H groups in total. The number of nitrogens with one attached hydrogen (secondary N) is 1. The molecular weight excluding hydrogens is 205 g/mol. The Labute approximate surface area is 93.7 Å². The standard InChI is InChI=1S/C12H14FN3/c1-8(2)7-11-14-12(16-15-11)9-5-3-4-6-10(9)13/h3-6,8H,7H2,1-2H3,(H,14,15,16). The molecule has 1 heterocycles. The van der Waals surface area contributed by atoms with Gasteiger partial charge < -0.3 is 0 Å². The Hall–Kier alpha value is -1.71. The monoisotopic (exact) mass is 219 g/mol. The third-order valence-corrected chi connectivity index (χ3v) is 2.25. The van der Waals surface area contributed by atoms with Crippen LogP contribution in [0.15, 0.2) is 24.3 Å². The molecular formula is C12H14FN3. The van der Waals surface area contributed by atoms with Gasteiger partial charge in [-0.3, -0.25) is 5.10 Å². The molecule has 0 aliphatic heterocycles. The third-order valence-electron chi connectivity index (χ3n) is 2.25. The molecule has 0 aliphatic rings. The van der Waals surface area contributed by atoms with E-state index >= 15 is 0 Å². The van der Waals surface area contributed by atoms with Crippen LogP contribution in [0.4, 0.5) is 4.39 Å². The van der Waals surface area contributed by atoms with Crippen molar-refractivity contribution in [3.05, 3.63) is 35.9 Å². The number of aromatic amines is 1. The van der Waals surface area contributed by atoms with Crippen LogP contribution in [0.2, 0.25) is 0 Å². The summed E-state index contributed by atoms with van der Waals surface area (Å²) in [4.78, 5) is 4.27. The molecule has 0 unspecified atom stereocenters. The second kappa shape index (κ2) is 4.43. The summed E-state index contributed by atoms with van der Waals surface area (Å²) in [5, 5.41) is 6.86. The first-order chi connectivity index (χ1) is 7.66. The van der Waals surface area contributed by atoms with Crippen LogP contribution < -0.4 is 0 Å². The molecule has 0 aliphatic carbocycles. The molecule has 0 saturated heterocycles. The van der Waals surface area contributed by atoms with Gasteiger partial charge in [0.15, 0.2) is 5.82 Å². The molecule has 84 valence electrons. The molecule has 16 heavy (non-hydrogen) atoms. The molecule has 2 aromatic rings. The van der Waals surface area contributed by atoms with E-state index < -0.39 is 0 Å². The zero-order chi connectivity index (χ0) is 11.5. The number of halogens is 1. The molecule has 1 aromatic heterocycles. The van der Waals surface area contributed by atoms with Crippen molar-refractivity contribution in [1.82, 2.24) is 15.2 Å². The van der Waals surface area contributed by atoms with Crippen molar-refractivity contribution in [3.8, 4) is 11.4 Å². The summed E-state index contributed by atoms with van der Waals surface area (Å²) in [6, 6.07) is 6.52. The van der Waals surface area contributed by atoms with Crippen LogP contribution >= 0.6 is 0 Å². The van der Waals surface area contributed by atoms with Crippen molar-refractivity contribution in [1.29, 1.82) is 0 Å². The van der Waals surface area contributed by atoms with Crippen LogP contribution in [0.1, 0.15) is 19.7 Å². The Kier molecular flexibility index (Phi) is 2.99. The number of hydrogen-bond donors (Lipinski definition) is 1. The van der Waals surface area contributed by atoms with E-state index in [4.69, 9.17) is 0 Å². The minimum atomic E-state index is -0.294. The van der Waals surface area contributed by atoms with E-state index in [1.54, 1.807) is 18.2 Å². The van der Waals surface area contributed by atoms with Crippen LogP contribution in [-0.2, 0) is 6.42 Å². The molecule has 0 radical (unpaired) electrons. The lowest BCUT2D eigenvalue weighted by Gasteiger charge is -1.98. The van der Waals surface area contributed by atoms with Gasteiger partial charge in [0.05, 0.1) is 5.56 Å².